The van der Waals surface area contributed by atoms with E-state index in [9.17, 15) is 26.4 Å². The zero-order valence-corrected chi connectivity index (χ0v) is 13.8. The second-order valence-electron chi connectivity index (χ2n) is 5.70. The van der Waals surface area contributed by atoms with E-state index in [0.717, 1.165) is 25.0 Å². The quantitative estimate of drug-likeness (QED) is 0.829. The summed E-state index contributed by atoms with van der Waals surface area (Å²) in [7, 11) is -5.32. The van der Waals surface area contributed by atoms with Gasteiger partial charge in [0, 0.05) is 18.7 Å². The molecular weight excluding hydrogens is 347 g/mol. The molecule has 0 aliphatic heterocycles. The molecule has 0 saturated heterocycles. The number of nitrogens with one attached hydrogen (secondary N) is 1. The second kappa shape index (κ2) is 7.00. The van der Waals surface area contributed by atoms with Gasteiger partial charge in [0.1, 0.15) is 6.10 Å². The van der Waals surface area contributed by atoms with Gasteiger partial charge in [-0.1, -0.05) is 0 Å². The lowest BCUT2D eigenvalue weighted by Gasteiger charge is -2.29. The number of halogens is 3. The van der Waals surface area contributed by atoms with Crippen molar-refractivity contribution in [2.45, 2.75) is 55.2 Å². The van der Waals surface area contributed by atoms with E-state index in [4.69, 9.17) is 4.74 Å². The highest BCUT2D eigenvalue weighted by Crippen LogP contribution is 2.31. The van der Waals surface area contributed by atoms with Crippen LogP contribution in [0.3, 0.4) is 0 Å². The fourth-order valence-electron chi connectivity index (χ4n) is 2.66. The zero-order chi connectivity index (χ0) is 18.0. The van der Waals surface area contributed by atoms with Gasteiger partial charge in [0.05, 0.1) is 4.90 Å². The van der Waals surface area contributed by atoms with Crippen LogP contribution < -0.4 is 5.32 Å². The molecule has 1 aromatic rings. The van der Waals surface area contributed by atoms with E-state index < -0.39 is 20.2 Å². The Morgan fingerprint density at radius 3 is 2.12 bits per heavy atom. The Kier molecular flexibility index (Phi) is 5.42. The first kappa shape index (κ1) is 18.6. The Hall–Kier alpha value is -1.77. The molecule has 134 valence electrons. The van der Waals surface area contributed by atoms with E-state index in [1.807, 2.05) is 0 Å². The number of rotatable bonds is 4. The molecule has 9 heteroatoms. The third-order valence-corrected chi connectivity index (χ3v) is 5.35. The van der Waals surface area contributed by atoms with Crippen molar-refractivity contribution in [2.75, 3.05) is 5.32 Å². The van der Waals surface area contributed by atoms with E-state index >= 15 is 0 Å². The number of esters is 1. The Morgan fingerprint density at radius 1 is 1.12 bits per heavy atom. The minimum Gasteiger partial charge on any atom is -0.463 e. The first-order valence-electron chi connectivity index (χ1n) is 7.45. The molecule has 0 radical (unpaired) electrons. The van der Waals surface area contributed by atoms with Crippen LogP contribution in [0, 0.1) is 0 Å². The summed E-state index contributed by atoms with van der Waals surface area (Å²) >= 11 is 0. The number of ether oxygens (including phenoxy) is 1. The zero-order valence-electron chi connectivity index (χ0n) is 13.0. The molecule has 1 aliphatic rings. The lowest BCUT2D eigenvalue weighted by Crippen LogP contribution is -2.30. The molecule has 5 nitrogen and oxygen atoms in total. The van der Waals surface area contributed by atoms with Crippen molar-refractivity contribution in [1.82, 2.24) is 0 Å². The molecule has 2 rings (SSSR count). The topological polar surface area (TPSA) is 72.5 Å². The summed E-state index contributed by atoms with van der Waals surface area (Å²) in [5.74, 6) is -0.312. The fourth-order valence-corrected chi connectivity index (χ4v) is 3.42. The molecule has 0 amide bonds. The van der Waals surface area contributed by atoms with E-state index in [2.05, 4.69) is 5.32 Å². The largest absolute Gasteiger partial charge is 0.501 e. The Bertz CT molecular complexity index is 678. The summed E-state index contributed by atoms with van der Waals surface area (Å²) < 4.78 is 65.2. The lowest BCUT2D eigenvalue weighted by atomic mass is 9.93. The first-order chi connectivity index (χ1) is 11.1. The summed E-state index contributed by atoms with van der Waals surface area (Å²) in [5, 5.41) is 3.16. The van der Waals surface area contributed by atoms with Crippen molar-refractivity contribution in [2.24, 2.45) is 0 Å². The van der Waals surface area contributed by atoms with Gasteiger partial charge in [-0.25, -0.2) is 8.42 Å². The van der Waals surface area contributed by atoms with Crippen molar-refractivity contribution in [3.63, 3.8) is 0 Å². The van der Waals surface area contributed by atoms with Crippen molar-refractivity contribution in [3.8, 4) is 0 Å². The highest BCUT2D eigenvalue weighted by molar-refractivity contribution is 7.92. The van der Waals surface area contributed by atoms with Gasteiger partial charge in [-0.05, 0) is 49.9 Å². The van der Waals surface area contributed by atoms with Crippen LogP contribution in [0.1, 0.15) is 32.6 Å². The second-order valence-corrected chi connectivity index (χ2v) is 7.64. The van der Waals surface area contributed by atoms with Gasteiger partial charge in [0.15, 0.2) is 0 Å². The van der Waals surface area contributed by atoms with Gasteiger partial charge >= 0.3 is 11.5 Å². The highest BCUT2D eigenvalue weighted by atomic mass is 32.2. The van der Waals surface area contributed by atoms with E-state index in [1.165, 1.54) is 19.1 Å². The molecule has 1 aliphatic carbocycles. The molecular formula is C15H18F3NO4S. The maximum Gasteiger partial charge on any atom is 0.501 e. The summed E-state index contributed by atoms with van der Waals surface area (Å²) in [6.07, 6.45) is 2.82. The van der Waals surface area contributed by atoms with Crippen LogP contribution in [0.2, 0.25) is 0 Å². The minimum absolute atomic E-state index is 0.0974. The summed E-state index contributed by atoms with van der Waals surface area (Å²) in [6.45, 7) is 1.36. The van der Waals surface area contributed by atoms with Crippen LogP contribution in [0.15, 0.2) is 29.2 Å². The monoisotopic (exact) mass is 365 g/mol. The van der Waals surface area contributed by atoms with Crippen LogP contribution in [0.4, 0.5) is 18.9 Å². The third-order valence-electron chi connectivity index (χ3n) is 3.85. The fraction of sp³-hybridized carbons (Fsp3) is 0.533. The van der Waals surface area contributed by atoms with Gasteiger partial charge in [-0.15, -0.1) is 0 Å². The average Bonchev–Trinajstić information content (AvgIpc) is 2.48. The van der Waals surface area contributed by atoms with Crippen molar-refractivity contribution >= 4 is 21.5 Å². The number of alkyl halides is 3. The number of benzene rings is 1. The Morgan fingerprint density at radius 2 is 1.67 bits per heavy atom. The molecule has 1 saturated carbocycles. The number of anilines is 1. The SMILES string of the molecule is CC(=O)OC1CCC(Nc2ccc(S(=O)(=O)C(F)(F)F)cc2)CC1. The molecule has 0 aromatic heterocycles. The average molecular weight is 365 g/mol. The van der Waals surface area contributed by atoms with E-state index in [-0.39, 0.29) is 18.1 Å². The molecule has 0 heterocycles. The van der Waals surface area contributed by atoms with Gasteiger partial charge in [-0.3, -0.25) is 4.79 Å². The van der Waals surface area contributed by atoms with Gasteiger partial charge in [-0.2, -0.15) is 13.2 Å². The van der Waals surface area contributed by atoms with E-state index in [0.29, 0.717) is 18.5 Å². The predicted octanol–water partition coefficient (Wildman–Crippen LogP) is 3.27. The number of carbonyl (C=O) groups is 1. The number of hydrogen-bond donors (Lipinski definition) is 1. The summed E-state index contributed by atoms with van der Waals surface area (Å²) in [6, 6.07) is 4.61. The molecule has 0 unspecified atom stereocenters. The van der Waals surface area contributed by atoms with E-state index in [1.54, 1.807) is 0 Å². The standard InChI is InChI=1S/C15H18F3NO4S/c1-10(20)23-13-6-2-11(3-7-13)19-12-4-8-14(9-5-12)24(21,22)15(16,17)18/h4-5,8-9,11,13,19H,2-3,6-7H2,1H3. The van der Waals surface area contributed by atoms with Crippen LogP contribution in [0.5, 0.6) is 0 Å². The van der Waals surface area contributed by atoms with Crippen LogP contribution in [-0.2, 0) is 19.4 Å². The normalized spacial score (nSPS) is 22.0. The molecule has 24 heavy (non-hydrogen) atoms. The van der Waals surface area contributed by atoms with Gasteiger partial charge < -0.3 is 10.1 Å². The number of hydrogen-bond acceptors (Lipinski definition) is 5. The van der Waals surface area contributed by atoms with Crippen molar-refractivity contribution in [3.05, 3.63) is 24.3 Å². The van der Waals surface area contributed by atoms with Crippen molar-refractivity contribution in [1.29, 1.82) is 0 Å². The summed E-state index contributed by atoms with van der Waals surface area (Å²) in [5.41, 5.74) is -4.76. The molecule has 1 fully saturated rings. The highest BCUT2D eigenvalue weighted by Gasteiger charge is 2.46. The van der Waals surface area contributed by atoms with Crippen LogP contribution in [0.25, 0.3) is 0 Å². The molecule has 0 atom stereocenters. The maximum atomic E-state index is 12.5. The predicted molar refractivity (Wildman–Crippen MR) is 81.1 cm³/mol. The Labute approximate surface area is 138 Å². The lowest BCUT2D eigenvalue weighted by molar-refractivity contribution is -0.147. The number of sulfone groups is 1. The van der Waals surface area contributed by atoms with Crippen LogP contribution >= 0.6 is 0 Å². The van der Waals surface area contributed by atoms with Crippen molar-refractivity contribution < 1.29 is 31.1 Å². The van der Waals surface area contributed by atoms with Gasteiger partial charge in [0.25, 0.3) is 9.84 Å². The molecule has 1 aromatic carbocycles. The summed E-state index contributed by atoms with van der Waals surface area (Å²) in [4.78, 5) is 10.1. The molecule has 1 N–H and O–H groups in total. The molecule has 0 spiro atoms. The molecule has 0 bridgehead atoms. The maximum absolute atomic E-state index is 12.5. The Balaban J connectivity index is 1.95. The smallest absolute Gasteiger partial charge is 0.463 e. The van der Waals surface area contributed by atoms with Gasteiger partial charge in [0.2, 0.25) is 0 Å². The first-order valence-corrected chi connectivity index (χ1v) is 8.93. The number of carbonyl (C=O) groups excluding carboxylic acids is 1. The third kappa shape index (κ3) is 4.40. The van der Waals surface area contributed by atoms with Crippen LogP contribution in [-0.4, -0.2) is 32.0 Å². The minimum atomic E-state index is -5.32.